The maximum Gasteiger partial charge on any atom is 0.338 e. The Morgan fingerprint density at radius 2 is 1.62 bits per heavy atom. The monoisotopic (exact) mass is 487 g/mol. The number of esters is 1. The van der Waals surface area contributed by atoms with Crippen LogP contribution in [0.15, 0.2) is 71.6 Å². The highest BCUT2D eigenvalue weighted by molar-refractivity contribution is 7.92. The number of hydrogen-bond donors (Lipinski definition) is 0. The molecule has 3 rings (SSSR count). The van der Waals surface area contributed by atoms with Crippen LogP contribution in [0.4, 0.5) is 10.1 Å². The van der Waals surface area contributed by atoms with Gasteiger partial charge in [0.1, 0.15) is 5.75 Å². The molecule has 0 unspecified atom stereocenters. The minimum atomic E-state index is -3.99. The van der Waals surface area contributed by atoms with Gasteiger partial charge in [0.05, 0.1) is 30.4 Å². The summed E-state index contributed by atoms with van der Waals surface area (Å²) in [6.07, 6.45) is 0. The summed E-state index contributed by atoms with van der Waals surface area (Å²) < 4.78 is 55.8. The van der Waals surface area contributed by atoms with E-state index in [1.807, 2.05) is 0 Å². The molecule has 0 aliphatic carbocycles. The van der Waals surface area contributed by atoms with Gasteiger partial charge in [-0.3, -0.25) is 9.10 Å². The summed E-state index contributed by atoms with van der Waals surface area (Å²) in [7, 11) is 0.194. The van der Waals surface area contributed by atoms with Crippen LogP contribution < -0.4 is 13.8 Å². The van der Waals surface area contributed by atoms with Crippen LogP contribution in [-0.2, 0) is 14.8 Å². The molecule has 0 heterocycles. The number of carbonyl (C=O) groups excluding carboxylic acids is 2. The van der Waals surface area contributed by atoms with Gasteiger partial charge in [0.15, 0.2) is 24.0 Å². The standard InChI is InChI=1S/C24H22FNO7S/c1-26(18-8-10-19(31-2)11-9-18)34(29,30)20-6-4-5-17(13-20)24(28)33-15-22(27)16-7-12-23(32-3)21(25)14-16/h4-14H,15H2,1-3H3. The molecule has 0 bridgehead atoms. The molecule has 0 fully saturated rings. The van der Waals surface area contributed by atoms with Gasteiger partial charge < -0.3 is 14.2 Å². The van der Waals surface area contributed by atoms with Crippen molar-refractivity contribution in [3.05, 3.63) is 83.7 Å². The molecule has 34 heavy (non-hydrogen) atoms. The fourth-order valence-electron chi connectivity index (χ4n) is 3.01. The van der Waals surface area contributed by atoms with E-state index in [2.05, 4.69) is 0 Å². The van der Waals surface area contributed by atoms with Crippen molar-refractivity contribution < 1.29 is 36.6 Å². The van der Waals surface area contributed by atoms with Gasteiger partial charge in [0.25, 0.3) is 10.0 Å². The van der Waals surface area contributed by atoms with E-state index in [-0.39, 0.29) is 21.8 Å². The second-order valence-electron chi connectivity index (χ2n) is 7.05. The van der Waals surface area contributed by atoms with E-state index < -0.39 is 34.2 Å². The van der Waals surface area contributed by atoms with Crippen molar-refractivity contribution in [1.29, 1.82) is 0 Å². The fraction of sp³-hybridized carbons (Fsp3) is 0.167. The fourth-order valence-corrected chi connectivity index (χ4v) is 4.25. The number of carbonyl (C=O) groups is 2. The molecule has 0 amide bonds. The van der Waals surface area contributed by atoms with E-state index in [9.17, 15) is 22.4 Å². The molecular formula is C24H22FNO7S. The highest BCUT2D eigenvalue weighted by Gasteiger charge is 2.23. The van der Waals surface area contributed by atoms with Crippen LogP contribution in [0.1, 0.15) is 20.7 Å². The highest BCUT2D eigenvalue weighted by atomic mass is 32.2. The van der Waals surface area contributed by atoms with Crippen LogP contribution in [0.2, 0.25) is 0 Å². The Bertz CT molecular complexity index is 1310. The summed E-state index contributed by atoms with van der Waals surface area (Å²) in [5.41, 5.74) is 0.340. The summed E-state index contributed by atoms with van der Waals surface area (Å²) in [4.78, 5) is 24.6. The lowest BCUT2D eigenvalue weighted by molar-refractivity contribution is 0.0474. The number of anilines is 1. The predicted octanol–water partition coefficient (Wildman–Crippen LogP) is 3.71. The van der Waals surface area contributed by atoms with Gasteiger partial charge in [0, 0.05) is 12.6 Å². The smallest absolute Gasteiger partial charge is 0.338 e. The van der Waals surface area contributed by atoms with E-state index in [1.165, 1.54) is 51.6 Å². The van der Waals surface area contributed by atoms with Crippen molar-refractivity contribution in [2.24, 2.45) is 0 Å². The summed E-state index contributed by atoms with van der Waals surface area (Å²) in [6, 6.07) is 15.3. The molecule has 0 spiro atoms. The SMILES string of the molecule is COc1ccc(N(C)S(=O)(=O)c2cccc(C(=O)OCC(=O)c3ccc(OC)c(F)c3)c2)cc1. The number of nitrogens with zero attached hydrogens (tertiary/aromatic N) is 1. The van der Waals surface area contributed by atoms with E-state index in [1.54, 1.807) is 24.3 Å². The predicted molar refractivity (Wildman–Crippen MR) is 123 cm³/mol. The van der Waals surface area contributed by atoms with E-state index in [0.717, 1.165) is 16.4 Å². The largest absolute Gasteiger partial charge is 0.497 e. The Morgan fingerprint density at radius 3 is 2.24 bits per heavy atom. The molecule has 0 aromatic heterocycles. The summed E-state index contributed by atoms with van der Waals surface area (Å²) in [5, 5.41) is 0. The van der Waals surface area contributed by atoms with Crippen LogP contribution in [0.5, 0.6) is 11.5 Å². The zero-order valence-electron chi connectivity index (χ0n) is 18.6. The topological polar surface area (TPSA) is 99.2 Å². The number of sulfonamides is 1. The molecule has 0 atom stereocenters. The maximum atomic E-state index is 13.8. The van der Waals surface area contributed by atoms with Crippen molar-refractivity contribution in [2.45, 2.75) is 4.90 Å². The number of methoxy groups -OCH3 is 2. The lowest BCUT2D eigenvalue weighted by atomic mass is 10.1. The van der Waals surface area contributed by atoms with Gasteiger partial charge in [-0.1, -0.05) is 6.07 Å². The molecule has 0 saturated carbocycles. The minimum absolute atomic E-state index is 0.00328. The molecule has 3 aromatic rings. The average molecular weight is 488 g/mol. The number of hydrogen-bond acceptors (Lipinski definition) is 7. The first-order chi connectivity index (χ1) is 16.2. The van der Waals surface area contributed by atoms with Crippen molar-refractivity contribution in [3.8, 4) is 11.5 Å². The van der Waals surface area contributed by atoms with E-state index >= 15 is 0 Å². The molecule has 8 nitrogen and oxygen atoms in total. The molecule has 0 saturated heterocycles. The van der Waals surface area contributed by atoms with Gasteiger partial charge in [-0.25, -0.2) is 17.6 Å². The quantitative estimate of drug-likeness (QED) is 0.335. The lowest BCUT2D eigenvalue weighted by Gasteiger charge is -2.20. The number of Topliss-reactive ketones (excluding diaryl/α,β-unsaturated/α-hetero) is 1. The Hall–Kier alpha value is -3.92. The van der Waals surface area contributed by atoms with Crippen molar-refractivity contribution in [1.82, 2.24) is 0 Å². The van der Waals surface area contributed by atoms with Crippen LogP contribution in [0.25, 0.3) is 0 Å². The first-order valence-electron chi connectivity index (χ1n) is 9.94. The third-order valence-corrected chi connectivity index (χ3v) is 6.75. The number of halogens is 1. The molecule has 0 radical (unpaired) electrons. The third kappa shape index (κ3) is 5.34. The van der Waals surface area contributed by atoms with E-state index in [4.69, 9.17) is 14.2 Å². The summed E-state index contributed by atoms with van der Waals surface area (Å²) in [5.74, 6) is -1.69. The van der Waals surface area contributed by atoms with E-state index in [0.29, 0.717) is 11.4 Å². The molecule has 0 aliphatic rings. The Balaban J connectivity index is 1.72. The van der Waals surface area contributed by atoms with Crippen molar-refractivity contribution in [3.63, 3.8) is 0 Å². The lowest BCUT2D eigenvalue weighted by Crippen LogP contribution is -2.26. The van der Waals surface area contributed by atoms with Gasteiger partial charge in [-0.05, 0) is 60.7 Å². The number of benzene rings is 3. The first kappa shape index (κ1) is 24.7. The molecule has 0 aliphatic heterocycles. The zero-order valence-corrected chi connectivity index (χ0v) is 19.5. The molecule has 0 N–H and O–H groups in total. The zero-order chi connectivity index (χ0) is 24.9. The van der Waals surface area contributed by atoms with Gasteiger partial charge in [0.2, 0.25) is 0 Å². The number of ketones is 1. The van der Waals surface area contributed by atoms with Crippen LogP contribution >= 0.6 is 0 Å². The number of ether oxygens (including phenoxy) is 3. The molecular weight excluding hydrogens is 465 g/mol. The maximum absolute atomic E-state index is 13.8. The van der Waals surface area contributed by atoms with Crippen molar-refractivity contribution >= 4 is 27.5 Å². The highest BCUT2D eigenvalue weighted by Crippen LogP contribution is 2.25. The van der Waals surface area contributed by atoms with Crippen LogP contribution in [0.3, 0.4) is 0 Å². The summed E-state index contributed by atoms with van der Waals surface area (Å²) in [6.45, 7) is -0.646. The van der Waals surface area contributed by atoms with Crippen molar-refractivity contribution in [2.75, 3.05) is 32.2 Å². The minimum Gasteiger partial charge on any atom is -0.497 e. The second kappa shape index (κ2) is 10.3. The Kier molecular flexibility index (Phi) is 7.52. The third-order valence-electron chi connectivity index (χ3n) is 4.97. The van der Waals surface area contributed by atoms with Crippen LogP contribution in [-0.4, -0.2) is 48.0 Å². The van der Waals surface area contributed by atoms with Gasteiger partial charge in [-0.15, -0.1) is 0 Å². The normalized spacial score (nSPS) is 10.9. The summed E-state index contributed by atoms with van der Waals surface area (Å²) >= 11 is 0. The number of rotatable bonds is 9. The Labute approximate surface area is 196 Å². The Morgan fingerprint density at radius 1 is 0.912 bits per heavy atom. The first-order valence-corrected chi connectivity index (χ1v) is 11.4. The van der Waals surface area contributed by atoms with Gasteiger partial charge in [-0.2, -0.15) is 0 Å². The van der Waals surface area contributed by atoms with Gasteiger partial charge >= 0.3 is 5.97 Å². The second-order valence-corrected chi connectivity index (χ2v) is 9.02. The molecule has 178 valence electrons. The molecule has 10 heteroatoms. The molecule has 3 aromatic carbocycles. The average Bonchev–Trinajstić information content (AvgIpc) is 2.86. The van der Waals surface area contributed by atoms with Crippen LogP contribution in [0, 0.1) is 5.82 Å².